The Labute approximate surface area is 125 Å². The predicted octanol–water partition coefficient (Wildman–Crippen LogP) is 4.36. The summed E-state index contributed by atoms with van der Waals surface area (Å²) in [4.78, 5) is 12.8. The van der Waals surface area contributed by atoms with Gasteiger partial charge in [-0.05, 0) is 58.4 Å². The number of benzene rings is 2. The zero-order valence-corrected chi connectivity index (χ0v) is 12.6. The third kappa shape index (κ3) is 3.36. The Kier molecular flexibility index (Phi) is 4.39. The van der Waals surface area contributed by atoms with Gasteiger partial charge in [0.2, 0.25) is 5.91 Å². The first-order chi connectivity index (χ1) is 9.47. The monoisotopic (exact) mass is 337 g/mol. The first kappa shape index (κ1) is 14.5. The average Bonchev–Trinajstić information content (AvgIpc) is 2.42. The van der Waals surface area contributed by atoms with Crippen LogP contribution in [0.25, 0.3) is 0 Å². The maximum absolute atomic E-state index is 12.8. The van der Waals surface area contributed by atoms with Gasteiger partial charge in [-0.2, -0.15) is 0 Å². The van der Waals surface area contributed by atoms with Crippen molar-refractivity contribution >= 4 is 27.5 Å². The van der Waals surface area contributed by atoms with Crippen LogP contribution in [0.5, 0.6) is 11.5 Å². The molecule has 0 saturated heterocycles. The van der Waals surface area contributed by atoms with Gasteiger partial charge < -0.3 is 9.64 Å². The van der Waals surface area contributed by atoms with Crippen LogP contribution in [0.1, 0.15) is 6.92 Å². The standard InChI is InChI=1S/C15H13BrFNO2/c1-10(19)18(2)12-5-8-15(14(16)9-12)20-13-6-3-11(17)4-7-13/h3-9H,1-2H3. The Bertz CT molecular complexity index is 628. The lowest BCUT2D eigenvalue weighted by molar-refractivity contribution is -0.116. The van der Waals surface area contributed by atoms with Gasteiger partial charge >= 0.3 is 0 Å². The molecule has 3 nitrogen and oxygen atoms in total. The SMILES string of the molecule is CC(=O)N(C)c1ccc(Oc2ccc(F)cc2)c(Br)c1. The molecule has 5 heteroatoms. The second-order valence-corrected chi connectivity index (χ2v) is 5.10. The molecule has 0 radical (unpaired) electrons. The molecular weight excluding hydrogens is 325 g/mol. The number of nitrogens with zero attached hydrogens (tertiary/aromatic N) is 1. The molecule has 104 valence electrons. The summed E-state index contributed by atoms with van der Waals surface area (Å²) in [6.07, 6.45) is 0. The number of rotatable bonds is 3. The number of ether oxygens (including phenoxy) is 1. The van der Waals surface area contributed by atoms with Crippen LogP contribution in [0, 0.1) is 5.82 Å². The van der Waals surface area contributed by atoms with Crippen LogP contribution in [0.4, 0.5) is 10.1 Å². The van der Waals surface area contributed by atoms with Gasteiger partial charge in [-0.15, -0.1) is 0 Å². The lowest BCUT2D eigenvalue weighted by atomic mass is 10.2. The van der Waals surface area contributed by atoms with Crippen LogP contribution < -0.4 is 9.64 Å². The van der Waals surface area contributed by atoms with E-state index in [1.165, 1.54) is 24.0 Å². The highest BCUT2D eigenvalue weighted by molar-refractivity contribution is 9.10. The van der Waals surface area contributed by atoms with Crippen molar-refractivity contribution in [2.24, 2.45) is 0 Å². The molecule has 0 atom stereocenters. The van der Waals surface area contributed by atoms with Crippen molar-refractivity contribution in [2.45, 2.75) is 6.92 Å². The Morgan fingerprint density at radius 3 is 2.40 bits per heavy atom. The number of carbonyl (C=O) groups is 1. The first-order valence-electron chi connectivity index (χ1n) is 5.94. The Morgan fingerprint density at radius 1 is 1.20 bits per heavy atom. The van der Waals surface area contributed by atoms with E-state index in [1.54, 1.807) is 37.4 Å². The van der Waals surface area contributed by atoms with E-state index in [4.69, 9.17) is 4.74 Å². The second-order valence-electron chi connectivity index (χ2n) is 4.25. The fraction of sp³-hybridized carbons (Fsp3) is 0.133. The molecule has 0 unspecified atom stereocenters. The highest BCUT2D eigenvalue weighted by Gasteiger charge is 2.09. The van der Waals surface area contributed by atoms with E-state index in [1.807, 2.05) is 0 Å². The summed E-state index contributed by atoms with van der Waals surface area (Å²) >= 11 is 3.40. The van der Waals surface area contributed by atoms with Crippen LogP contribution in [-0.4, -0.2) is 13.0 Å². The average molecular weight is 338 g/mol. The molecule has 1 amide bonds. The molecule has 0 aliphatic carbocycles. The highest BCUT2D eigenvalue weighted by Crippen LogP contribution is 2.32. The van der Waals surface area contributed by atoms with E-state index in [0.717, 1.165) is 5.69 Å². The number of amides is 1. The molecule has 0 spiro atoms. The molecule has 0 saturated carbocycles. The number of hydrogen-bond donors (Lipinski definition) is 0. The topological polar surface area (TPSA) is 29.5 Å². The number of hydrogen-bond acceptors (Lipinski definition) is 2. The molecular formula is C15H13BrFNO2. The molecule has 0 aliphatic rings. The number of carbonyl (C=O) groups excluding carboxylic acids is 1. The summed E-state index contributed by atoms with van der Waals surface area (Å²) < 4.78 is 19.2. The summed E-state index contributed by atoms with van der Waals surface area (Å²) in [6.45, 7) is 1.50. The highest BCUT2D eigenvalue weighted by atomic mass is 79.9. The lowest BCUT2D eigenvalue weighted by Crippen LogP contribution is -2.22. The van der Waals surface area contributed by atoms with Crippen molar-refractivity contribution in [3.05, 3.63) is 52.8 Å². The van der Waals surface area contributed by atoms with Gasteiger partial charge in [-0.25, -0.2) is 4.39 Å². The van der Waals surface area contributed by atoms with Crippen molar-refractivity contribution in [1.82, 2.24) is 0 Å². The summed E-state index contributed by atoms with van der Waals surface area (Å²) in [5, 5.41) is 0. The van der Waals surface area contributed by atoms with Gasteiger partial charge in [0.05, 0.1) is 4.47 Å². The fourth-order valence-corrected chi connectivity index (χ4v) is 2.04. The van der Waals surface area contributed by atoms with E-state index in [0.29, 0.717) is 16.0 Å². The second kappa shape index (κ2) is 6.05. The van der Waals surface area contributed by atoms with E-state index < -0.39 is 0 Å². The van der Waals surface area contributed by atoms with Gasteiger partial charge in [0.1, 0.15) is 17.3 Å². The maximum Gasteiger partial charge on any atom is 0.223 e. The van der Waals surface area contributed by atoms with Gasteiger partial charge in [0.15, 0.2) is 0 Å². The molecule has 20 heavy (non-hydrogen) atoms. The number of halogens is 2. The maximum atomic E-state index is 12.8. The molecule has 0 N–H and O–H groups in total. The normalized spacial score (nSPS) is 10.2. The summed E-state index contributed by atoms with van der Waals surface area (Å²) in [7, 11) is 1.70. The quantitative estimate of drug-likeness (QED) is 0.832. The molecule has 2 aromatic rings. The van der Waals surface area contributed by atoms with E-state index in [-0.39, 0.29) is 11.7 Å². The van der Waals surface area contributed by atoms with Crippen LogP contribution in [0.2, 0.25) is 0 Å². The largest absolute Gasteiger partial charge is 0.456 e. The summed E-state index contributed by atoms with van der Waals surface area (Å²) in [5.41, 5.74) is 0.760. The zero-order chi connectivity index (χ0) is 14.7. The van der Waals surface area contributed by atoms with Gasteiger partial charge in [-0.3, -0.25) is 4.79 Å². The molecule has 0 heterocycles. The molecule has 0 fully saturated rings. The zero-order valence-electron chi connectivity index (χ0n) is 11.1. The van der Waals surface area contributed by atoms with Crippen molar-refractivity contribution in [1.29, 1.82) is 0 Å². The van der Waals surface area contributed by atoms with Gasteiger partial charge in [-0.1, -0.05) is 0 Å². The Hall–Kier alpha value is -1.88. The molecule has 0 bridgehead atoms. The molecule has 2 rings (SSSR count). The Balaban J connectivity index is 2.21. The van der Waals surface area contributed by atoms with E-state index >= 15 is 0 Å². The van der Waals surface area contributed by atoms with Crippen LogP contribution in [-0.2, 0) is 4.79 Å². The van der Waals surface area contributed by atoms with E-state index in [9.17, 15) is 9.18 Å². The molecule has 0 aliphatic heterocycles. The third-order valence-corrected chi connectivity index (χ3v) is 3.44. The van der Waals surface area contributed by atoms with Crippen LogP contribution >= 0.6 is 15.9 Å². The van der Waals surface area contributed by atoms with Crippen LogP contribution in [0.15, 0.2) is 46.9 Å². The predicted molar refractivity (Wildman–Crippen MR) is 79.7 cm³/mol. The minimum Gasteiger partial charge on any atom is -0.456 e. The third-order valence-electron chi connectivity index (χ3n) is 2.82. The first-order valence-corrected chi connectivity index (χ1v) is 6.74. The summed E-state index contributed by atoms with van der Waals surface area (Å²) in [6, 6.07) is 11.1. The van der Waals surface area contributed by atoms with E-state index in [2.05, 4.69) is 15.9 Å². The molecule has 2 aromatic carbocycles. The number of anilines is 1. The minimum atomic E-state index is -0.310. The van der Waals surface area contributed by atoms with Gasteiger partial charge in [0, 0.05) is 19.7 Å². The Morgan fingerprint density at radius 2 is 1.85 bits per heavy atom. The smallest absolute Gasteiger partial charge is 0.223 e. The van der Waals surface area contributed by atoms with Crippen molar-refractivity contribution in [3.63, 3.8) is 0 Å². The fourth-order valence-electron chi connectivity index (χ4n) is 1.59. The van der Waals surface area contributed by atoms with Crippen molar-refractivity contribution in [2.75, 3.05) is 11.9 Å². The molecule has 0 aromatic heterocycles. The van der Waals surface area contributed by atoms with Crippen molar-refractivity contribution in [3.8, 4) is 11.5 Å². The lowest BCUT2D eigenvalue weighted by Gasteiger charge is -2.16. The van der Waals surface area contributed by atoms with Crippen molar-refractivity contribution < 1.29 is 13.9 Å². The van der Waals surface area contributed by atoms with Gasteiger partial charge in [0.25, 0.3) is 0 Å². The summed E-state index contributed by atoms with van der Waals surface area (Å²) in [5.74, 6) is 0.774. The van der Waals surface area contributed by atoms with Crippen LogP contribution in [0.3, 0.4) is 0 Å². The minimum absolute atomic E-state index is 0.0518.